The van der Waals surface area contributed by atoms with Gasteiger partial charge in [0.15, 0.2) is 11.5 Å². The number of fused-ring (bicyclic) bond motifs is 1. The van der Waals surface area contributed by atoms with Crippen LogP contribution in [0, 0.1) is 12.7 Å². The summed E-state index contributed by atoms with van der Waals surface area (Å²) in [6.07, 6.45) is 5.32. The van der Waals surface area contributed by atoms with E-state index in [0.29, 0.717) is 41.1 Å². The Morgan fingerprint density at radius 1 is 1.09 bits per heavy atom. The first-order chi connectivity index (χ1) is 17.0. The van der Waals surface area contributed by atoms with Crippen LogP contribution in [0.5, 0.6) is 11.5 Å². The zero-order valence-corrected chi connectivity index (χ0v) is 20.0. The summed E-state index contributed by atoms with van der Waals surface area (Å²) in [4.78, 5) is 22.8. The number of benzene rings is 2. The number of nitrogens with zero attached hydrogens (tertiary/aromatic N) is 3. The van der Waals surface area contributed by atoms with Crippen LogP contribution in [0.15, 0.2) is 36.7 Å². The highest BCUT2D eigenvalue weighted by Crippen LogP contribution is 2.37. The maximum absolute atomic E-state index is 13.9. The van der Waals surface area contributed by atoms with Crippen LogP contribution in [-0.4, -0.2) is 59.7 Å². The van der Waals surface area contributed by atoms with Gasteiger partial charge in [-0.1, -0.05) is 0 Å². The van der Waals surface area contributed by atoms with Crippen molar-refractivity contribution < 1.29 is 18.7 Å². The average molecular weight is 480 g/mol. The SMILES string of the molecule is COc1cc2ncnc(Nc3cc(C)cc(F)c3)c2cc1O[C@H]1CC[C@H](N2CCNC(=O)C2)CC1. The molecule has 9 heteroatoms. The molecule has 0 spiro atoms. The first-order valence-electron chi connectivity index (χ1n) is 12.0. The van der Waals surface area contributed by atoms with E-state index >= 15 is 0 Å². The fraction of sp³-hybridized carbons (Fsp3) is 0.423. The third-order valence-corrected chi connectivity index (χ3v) is 6.75. The Morgan fingerprint density at radius 2 is 1.91 bits per heavy atom. The Hall–Kier alpha value is -3.46. The Labute approximate surface area is 203 Å². The van der Waals surface area contributed by atoms with Gasteiger partial charge in [0.1, 0.15) is 18.0 Å². The van der Waals surface area contributed by atoms with Crippen molar-refractivity contribution in [2.45, 2.75) is 44.8 Å². The summed E-state index contributed by atoms with van der Waals surface area (Å²) in [6, 6.07) is 8.93. The summed E-state index contributed by atoms with van der Waals surface area (Å²) >= 11 is 0. The van der Waals surface area contributed by atoms with E-state index in [4.69, 9.17) is 9.47 Å². The van der Waals surface area contributed by atoms with Crippen LogP contribution in [0.3, 0.4) is 0 Å². The number of halogens is 1. The van der Waals surface area contributed by atoms with Gasteiger partial charge in [-0.05, 0) is 62.4 Å². The molecule has 1 saturated carbocycles. The zero-order valence-electron chi connectivity index (χ0n) is 20.0. The number of amides is 1. The summed E-state index contributed by atoms with van der Waals surface area (Å²) in [6.45, 7) is 3.95. The number of piperazine rings is 1. The Morgan fingerprint density at radius 3 is 2.66 bits per heavy atom. The molecule has 1 aliphatic heterocycles. The van der Waals surface area contributed by atoms with Crippen molar-refractivity contribution in [1.29, 1.82) is 0 Å². The number of hydrogen-bond donors (Lipinski definition) is 2. The topological polar surface area (TPSA) is 88.6 Å². The van der Waals surface area contributed by atoms with Crippen molar-refractivity contribution in [1.82, 2.24) is 20.2 Å². The van der Waals surface area contributed by atoms with E-state index in [9.17, 15) is 9.18 Å². The molecule has 1 amide bonds. The third-order valence-electron chi connectivity index (χ3n) is 6.75. The number of rotatable bonds is 6. The predicted octanol–water partition coefficient (Wildman–Crippen LogP) is 3.95. The van der Waals surface area contributed by atoms with E-state index < -0.39 is 0 Å². The van der Waals surface area contributed by atoms with Gasteiger partial charge in [-0.15, -0.1) is 0 Å². The predicted molar refractivity (Wildman–Crippen MR) is 132 cm³/mol. The van der Waals surface area contributed by atoms with Crippen molar-refractivity contribution in [3.8, 4) is 11.5 Å². The molecule has 2 N–H and O–H groups in total. The number of methoxy groups -OCH3 is 1. The van der Waals surface area contributed by atoms with Gasteiger partial charge in [-0.25, -0.2) is 14.4 Å². The summed E-state index contributed by atoms with van der Waals surface area (Å²) in [7, 11) is 1.61. The van der Waals surface area contributed by atoms with E-state index in [1.54, 1.807) is 7.11 Å². The van der Waals surface area contributed by atoms with Crippen molar-refractivity contribution in [3.05, 3.63) is 48.0 Å². The lowest BCUT2D eigenvalue weighted by molar-refractivity contribution is -0.125. The molecular weight excluding hydrogens is 449 g/mol. The highest BCUT2D eigenvalue weighted by atomic mass is 19.1. The lowest BCUT2D eigenvalue weighted by Gasteiger charge is -2.38. The minimum atomic E-state index is -0.308. The Balaban J connectivity index is 1.34. The van der Waals surface area contributed by atoms with E-state index in [2.05, 4.69) is 25.5 Å². The number of ether oxygens (including phenoxy) is 2. The maximum Gasteiger partial charge on any atom is 0.234 e. The average Bonchev–Trinajstić information content (AvgIpc) is 2.84. The quantitative estimate of drug-likeness (QED) is 0.553. The Bertz CT molecular complexity index is 1210. The molecule has 1 aliphatic carbocycles. The lowest BCUT2D eigenvalue weighted by atomic mass is 9.91. The van der Waals surface area contributed by atoms with E-state index in [1.165, 1.54) is 18.5 Å². The summed E-state index contributed by atoms with van der Waals surface area (Å²) in [5.74, 6) is 1.61. The number of aryl methyl sites for hydroxylation is 1. The molecule has 1 aromatic heterocycles. The highest BCUT2D eigenvalue weighted by molar-refractivity contribution is 5.93. The van der Waals surface area contributed by atoms with Crippen LogP contribution in [0.2, 0.25) is 0 Å². The van der Waals surface area contributed by atoms with Gasteiger partial charge >= 0.3 is 0 Å². The van der Waals surface area contributed by atoms with Crippen molar-refractivity contribution >= 4 is 28.3 Å². The van der Waals surface area contributed by atoms with E-state index in [0.717, 1.165) is 49.7 Å². The number of nitrogens with one attached hydrogen (secondary N) is 2. The van der Waals surface area contributed by atoms with E-state index in [-0.39, 0.29) is 17.8 Å². The van der Waals surface area contributed by atoms with Crippen LogP contribution in [-0.2, 0) is 4.79 Å². The standard InChI is InChI=1S/C26H30FN5O3/c1-16-9-17(27)11-18(10-16)31-26-21-12-24(23(34-2)13-22(21)29-15-30-26)35-20-5-3-19(4-6-20)32-8-7-28-25(33)14-32/h9-13,15,19-20H,3-8,14H2,1-2H3,(H,28,33)(H,29,30,31)/t19-,20-. The molecule has 2 heterocycles. The molecular formula is C26H30FN5O3. The number of carbonyl (C=O) groups is 1. The second kappa shape index (κ2) is 10.0. The van der Waals surface area contributed by atoms with Crippen LogP contribution < -0.4 is 20.1 Å². The monoisotopic (exact) mass is 479 g/mol. The molecule has 3 aromatic rings. The summed E-state index contributed by atoms with van der Waals surface area (Å²) < 4.78 is 25.9. The van der Waals surface area contributed by atoms with Crippen LogP contribution in [0.1, 0.15) is 31.2 Å². The van der Waals surface area contributed by atoms with Crippen molar-refractivity contribution in [2.24, 2.45) is 0 Å². The fourth-order valence-corrected chi connectivity index (χ4v) is 5.04. The second-order valence-corrected chi connectivity index (χ2v) is 9.25. The van der Waals surface area contributed by atoms with Gasteiger partial charge in [0, 0.05) is 36.3 Å². The molecule has 0 radical (unpaired) electrons. The van der Waals surface area contributed by atoms with Crippen LogP contribution >= 0.6 is 0 Å². The minimum Gasteiger partial charge on any atom is -0.493 e. The molecule has 2 fully saturated rings. The van der Waals surface area contributed by atoms with Crippen LogP contribution in [0.4, 0.5) is 15.9 Å². The molecule has 1 saturated heterocycles. The fourth-order valence-electron chi connectivity index (χ4n) is 5.04. The molecule has 184 valence electrons. The molecule has 0 unspecified atom stereocenters. The first-order valence-corrected chi connectivity index (χ1v) is 12.0. The summed E-state index contributed by atoms with van der Waals surface area (Å²) in [5, 5.41) is 6.87. The largest absolute Gasteiger partial charge is 0.493 e. The smallest absolute Gasteiger partial charge is 0.234 e. The van der Waals surface area contributed by atoms with Gasteiger partial charge in [0.25, 0.3) is 0 Å². The van der Waals surface area contributed by atoms with E-state index in [1.807, 2.05) is 25.1 Å². The van der Waals surface area contributed by atoms with Crippen LogP contribution in [0.25, 0.3) is 10.9 Å². The molecule has 2 aliphatic rings. The van der Waals surface area contributed by atoms with Crippen molar-refractivity contribution in [3.63, 3.8) is 0 Å². The lowest BCUT2D eigenvalue weighted by Crippen LogP contribution is -2.52. The van der Waals surface area contributed by atoms with Gasteiger partial charge in [-0.2, -0.15) is 0 Å². The highest BCUT2D eigenvalue weighted by Gasteiger charge is 2.30. The molecule has 8 nitrogen and oxygen atoms in total. The third kappa shape index (κ3) is 5.30. The minimum absolute atomic E-state index is 0.0584. The van der Waals surface area contributed by atoms with Gasteiger partial charge < -0.3 is 20.1 Å². The zero-order chi connectivity index (χ0) is 24.4. The van der Waals surface area contributed by atoms with Crippen molar-refractivity contribution in [2.75, 3.05) is 32.1 Å². The molecule has 2 aromatic carbocycles. The molecule has 0 bridgehead atoms. The molecule has 5 rings (SSSR count). The number of aromatic nitrogens is 2. The number of carbonyl (C=O) groups excluding carboxylic acids is 1. The summed E-state index contributed by atoms with van der Waals surface area (Å²) in [5.41, 5.74) is 2.13. The Kier molecular flexibility index (Phi) is 6.68. The number of anilines is 2. The normalized spacial score (nSPS) is 20.9. The van der Waals surface area contributed by atoms with Gasteiger partial charge in [0.2, 0.25) is 5.91 Å². The van der Waals surface area contributed by atoms with Gasteiger partial charge in [-0.3, -0.25) is 9.69 Å². The van der Waals surface area contributed by atoms with Gasteiger partial charge in [0.05, 0.1) is 25.3 Å². The molecule has 35 heavy (non-hydrogen) atoms. The number of hydrogen-bond acceptors (Lipinski definition) is 7. The second-order valence-electron chi connectivity index (χ2n) is 9.25. The molecule has 0 atom stereocenters. The maximum atomic E-state index is 13.9. The first kappa shape index (κ1) is 23.3.